The number of fused-ring (bicyclic) bond motifs is 9. The highest BCUT2D eigenvalue weighted by molar-refractivity contribution is 6.17. The van der Waals surface area contributed by atoms with Crippen LogP contribution in [0.5, 0.6) is 0 Å². The molecule has 6 heteroatoms. The lowest BCUT2D eigenvalue weighted by Gasteiger charge is -2.10. The van der Waals surface area contributed by atoms with E-state index in [4.69, 9.17) is 23.8 Å². The average molecular weight is 731 g/mol. The van der Waals surface area contributed by atoms with Crippen molar-refractivity contribution in [2.45, 2.75) is 0 Å². The van der Waals surface area contributed by atoms with Gasteiger partial charge < -0.3 is 13.4 Å². The summed E-state index contributed by atoms with van der Waals surface area (Å²) in [4.78, 5) is 15.5. The van der Waals surface area contributed by atoms with E-state index < -0.39 is 0 Å². The Morgan fingerprint density at radius 3 is 1.77 bits per heavy atom. The van der Waals surface area contributed by atoms with E-state index in [1.54, 1.807) is 0 Å². The number of para-hydroxylation sites is 3. The van der Waals surface area contributed by atoms with Gasteiger partial charge in [0.1, 0.15) is 22.3 Å². The first-order valence-corrected chi connectivity index (χ1v) is 19.0. The number of hydrogen-bond donors (Lipinski definition) is 0. The summed E-state index contributed by atoms with van der Waals surface area (Å²) in [6, 6.07) is 62.7. The molecule has 0 aliphatic carbocycles. The van der Waals surface area contributed by atoms with Crippen molar-refractivity contribution < 1.29 is 8.83 Å². The van der Waals surface area contributed by atoms with Crippen molar-refractivity contribution in [1.82, 2.24) is 19.5 Å². The molecule has 0 aliphatic rings. The van der Waals surface area contributed by atoms with Gasteiger partial charge in [-0.3, -0.25) is 0 Å². The Kier molecular flexibility index (Phi) is 6.83. The van der Waals surface area contributed by atoms with Crippen molar-refractivity contribution in [3.05, 3.63) is 182 Å². The van der Waals surface area contributed by atoms with E-state index in [0.717, 1.165) is 93.8 Å². The maximum atomic E-state index is 6.56. The lowest BCUT2D eigenvalue weighted by molar-refractivity contribution is 0.668. The summed E-state index contributed by atoms with van der Waals surface area (Å²) in [6.07, 6.45) is 0. The highest BCUT2D eigenvalue weighted by atomic mass is 16.3. The normalized spacial score (nSPS) is 11.9. The van der Waals surface area contributed by atoms with Crippen LogP contribution in [-0.4, -0.2) is 19.5 Å². The number of aromatic nitrogens is 4. The standard InChI is InChI=1S/C51H30N4O2/c1-3-12-31(13-4-1)32-22-24-33(25-23-32)49-52-50(54-51(53-49)38-18-11-21-46-48(38)37-17-8-10-20-44(37)56-46)34-26-27-45-40(28-34)41-29-43-39(30-47(41)57-45)36-16-7-9-19-42(36)55(43)35-14-5-2-6-15-35/h1-30H. The maximum Gasteiger partial charge on any atom is 0.164 e. The van der Waals surface area contributed by atoms with E-state index in [-0.39, 0.29) is 0 Å². The second-order valence-electron chi connectivity index (χ2n) is 14.4. The van der Waals surface area contributed by atoms with Gasteiger partial charge in [-0.15, -0.1) is 0 Å². The molecule has 0 N–H and O–H groups in total. The molecule has 266 valence electrons. The van der Waals surface area contributed by atoms with Gasteiger partial charge in [0.05, 0.1) is 11.0 Å². The van der Waals surface area contributed by atoms with Gasteiger partial charge in [0.15, 0.2) is 17.5 Å². The first-order chi connectivity index (χ1) is 28.2. The van der Waals surface area contributed by atoms with Crippen LogP contribution in [0.15, 0.2) is 191 Å². The van der Waals surface area contributed by atoms with Gasteiger partial charge in [-0.25, -0.2) is 15.0 Å². The van der Waals surface area contributed by atoms with E-state index in [1.165, 1.54) is 5.39 Å². The molecule has 0 amide bonds. The molecule has 57 heavy (non-hydrogen) atoms. The largest absolute Gasteiger partial charge is 0.456 e. The molecule has 12 aromatic rings. The Morgan fingerprint density at radius 2 is 0.930 bits per heavy atom. The molecular weight excluding hydrogens is 701 g/mol. The number of furan rings is 2. The minimum Gasteiger partial charge on any atom is -0.456 e. The third-order valence-corrected chi connectivity index (χ3v) is 11.1. The van der Waals surface area contributed by atoms with Crippen molar-refractivity contribution in [3.63, 3.8) is 0 Å². The van der Waals surface area contributed by atoms with Gasteiger partial charge in [0.25, 0.3) is 0 Å². The van der Waals surface area contributed by atoms with Crippen LogP contribution in [0.4, 0.5) is 0 Å². The fraction of sp³-hybridized carbons (Fsp3) is 0. The van der Waals surface area contributed by atoms with Crippen LogP contribution in [-0.2, 0) is 0 Å². The first kappa shape index (κ1) is 31.5. The molecule has 0 spiro atoms. The molecule has 0 atom stereocenters. The van der Waals surface area contributed by atoms with Crippen LogP contribution >= 0.6 is 0 Å². The Bertz CT molecular complexity index is 3510. The van der Waals surface area contributed by atoms with E-state index in [1.807, 2.05) is 48.5 Å². The predicted octanol–water partition coefficient (Wildman–Crippen LogP) is 13.4. The second-order valence-corrected chi connectivity index (χ2v) is 14.4. The molecule has 0 saturated heterocycles. The summed E-state index contributed by atoms with van der Waals surface area (Å²) in [5, 5.41) is 6.34. The summed E-state index contributed by atoms with van der Waals surface area (Å²) in [6.45, 7) is 0. The van der Waals surface area contributed by atoms with Crippen molar-refractivity contribution in [2.75, 3.05) is 0 Å². The predicted molar refractivity (Wildman–Crippen MR) is 230 cm³/mol. The van der Waals surface area contributed by atoms with Crippen LogP contribution in [0, 0.1) is 0 Å². The molecular formula is C51H30N4O2. The molecule has 0 unspecified atom stereocenters. The fourth-order valence-corrected chi connectivity index (χ4v) is 8.39. The molecule has 0 bridgehead atoms. The van der Waals surface area contributed by atoms with Crippen molar-refractivity contribution in [1.29, 1.82) is 0 Å². The van der Waals surface area contributed by atoms with Gasteiger partial charge in [-0.05, 0) is 71.8 Å². The third-order valence-electron chi connectivity index (χ3n) is 11.1. The van der Waals surface area contributed by atoms with Crippen molar-refractivity contribution in [3.8, 4) is 51.0 Å². The molecule has 0 fully saturated rings. The maximum absolute atomic E-state index is 6.56. The molecule has 4 aromatic heterocycles. The van der Waals surface area contributed by atoms with Gasteiger partial charge >= 0.3 is 0 Å². The van der Waals surface area contributed by atoms with Crippen LogP contribution in [0.2, 0.25) is 0 Å². The van der Waals surface area contributed by atoms with E-state index in [0.29, 0.717) is 17.5 Å². The van der Waals surface area contributed by atoms with Gasteiger partial charge in [0, 0.05) is 54.7 Å². The minimum absolute atomic E-state index is 0.572. The Hall–Kier alpha value is -7.83. The molecule has 0 radical (unpaired) electrons. The number of rotatable bonds is 5. The first-order valence-electron chi connectivity index (χ1n) is 19.0. The van der Waals surface area contributed by atoms with Crippen molar-refractivity contribution >= 4 is 65.7 Å². The minimum atomic E-state index is 0.572. The van der Waals surface area contributed by atoms with Crippen molar-refractivity contribution in [2.24, 2.45) is 0 Å². The van der Waals surface area contributed by atoms with Gasteiger partial charge in [0.2, 0.25) is 0 Å². The molecule has 6 nitrogen and oxygen atoms in total. The SMILES string of the molecule is c1ccc(-c2ccc(-c3nc(-c4ccc5oc6cc7c8ccccc8n(-c8ccccc8)c7cc6c5c4)nc(-c4cccc5oc6ccccc6c45)n3)cc2)cc1. The molecule has 4 heterocycles. The quantitative estimate of drug-likeness (QED) is 0.176. The van der Waals surface area contributed by atoms with Crippen LogP contribution in [0.3, 0.4) is 0 Å². The third kappa shape index (κ3) is 5.01. The Morgan fingerprint density at radius 1 is 0.333 bits per heavy atom. The number of benzene rings is 8. The second kappa shape index (κ2) is 12.3. The topological polar surface area (TPSA) is 69.9 Å². The average Bonchev–Trinajstić information content (AvgIpc) is 3.95. The summed E-state index contributed by atoms with van der Waals surface area (Å²) in [5.74, 6) is 1.74. The lowest BCUT2D eigenvalue weighted by Crippen LogP contribution is -2.00. The van der Waals surface area contributed by atoms with E-state index >= 15 is 0 Å². The van der Waals surface area contributed by atoms with Crippen LogP contribution in [0.1, 0.15) is 0 Å². The Labute approximate surface area is 325 Å². The summed E-state index contributed by atoms with van der Waals surface area (Å²) < 4.78 is 15.2. The number of nitrogens with zero attached hydrogens (tertiary/aromatic N) is 4. The highest BCUT2D eigenvalue weighted by Crippen LogP contribution is 2.40. The smallest absolute Gasteiger partial charge is 0.164 e. The molecule has 0 saturated carbocycles. The van der Waals surface area contributed by atoms with Crippen LogP contribution < -0.4 is 0 Å². The van der Waals surface area contributed by atoms with E-state index in [9.17, 15) is 0 Å². The van der Waals surface area contributed by atoms with Gasteiger partial charge in [-0.2, -0.15) is 0 Å². The highest BCUT2D eigenvalue weighted by Gasteiger charge is 2.20. The molecule has 8 aromatic carbocycles. The fourth-order valence-electron chi connectivity index (χ4n) is 8.39. The summed E-state index contributed by atoms with van der Waals surface area (Å²) >= 11 is 0. The monoisotopic (exact) mass is 730 g/mol. The molecule has 0 aliphatic heterocycles. The zero-order valence-electron chi connectivity index (χ0n) is 30.4. The zero-order chi connectivity index (χ0) is 37.5. The summed E-state index contributed by atoms with van der Waals surface area (Å²) in [5.41, 5.74) is 11.6. The van der Waals surface area contributed by atoms with Crippen LogP contribution in [0.25, 0.3) is 117 Å². The summed E-state index contributed by atoms with van der Waals surface area (Å²) in [7, 11) is 0. The number of hydrogen-bond acceptors (Lipinski definition) is 5. The van der Waals surface area contributed by atoms with E-state index in [2.05, 4.69) is 138 Å². The Balaban J connectivity index is 1.07. The van der Waals surface area contributed by atoms with Gasteiger partial charge in [-0.1, -0.05) is 121 Å². The molecule has 12 rings (SSSR count). The zero-order valence-corrected chi connectivity index (χ0v) is 30.4. The lowest BCUT2D eigenvalue weighted by atomic mass is 10.0.